The van der Waals surface area contributed by atoms with Gasteiger partial charge in [0, 0.05) is 30.1 Å². The molecule has 104 valence electrons. The Kier molecular flexibility index (Phi) is 4.32. The third kappa shape index (κ3) is 3.55. The largest absolute Gasteiger partial charge is 0.329 e. The first-order valence-corrected chi connectivity index (χ1v) is 6.29. The van der Waals surface area contributed by atoms with Crippen molar-refractivity contribution in [3.05, 3.63) is 64.1 Å². The van der Waals surface area contributed by atoms with E-state index in [9.17, 15) is 9.59 Å². The van der Waals surface area contributed by atoms with E-state index in [4.69, 9.17) is 0 Å². The summed E-state index contributed by atoms with van der Waals surface area (Å²) >= 11 is 0. The van der Waals surface area contributed by atoms with Crippen LogP contribution >= 0.6 is 0 Å². The molecule has 0 atom stereocenters. The first kappa shape index (κ1) is 14.0. The number of nitrogens with one attached hydrogen (secondary N) is 2. The highest BCUT2D eigenvalue weighted by Crippen LogP contribution is 2.17. The van der Waals surface area contributed by atoms with E-state index >= 15 is 0 Å². The molecule has 0 aliphatic heterocycles. The summed E-state index contributed by atoms with van der Waals surface area (Å²) in [5.41, 5.74) is 1.83. The third-order valence-corrected chi connectivity index (χ3v) is 2.79. The van der Waals surface area contributed by atoms with E-state index in [1.807, 2.05) is 43.3 Å². The van der Waals surface area contributed by atoms with Gasteiger partial charge in [-0.15, -0.1) is 0 Å². The standard InChI is InChI=1S/C15H17N3O2/c1-18(2)10-12-5-3-4-6-13(12)17-15(20)11-7-8-16-14(19)9-11/h3-9H,10H2,1-2H3,(H,16,19)(H,17,20). The van der Waals surface area contributed by atoms with Crippen LogP contribution in [0.1, 0.15) is 15.9 Å². The van der Waals surface area contributed by atoms with Crippen LogP contribution in [-0.2, 0) is 6.54 Å². The van der Waals surface area contributed by atoms with Gasteiger partial charge in [0.2, 0.25) is 5.56 Å². The topological polar surface area (TPSA) is 65.2 Å². The molecule has 0 aliphatic carbocycles. The maximum Gasteiger partial charge on any atom is 0.255 e. The molecule has 0 unspecified atom stereocenters. The number of amides is 1. The number of pyridine rings is 1. The van der Waals surface area contributed by atoms with Gasteiger partial charge in [0.1, 0.15) is 0 Å². The fourth-order valence-corrected chi connectivity index (χ4v) is 1.90. The Bertz CT molecular complexity index is 662. The first-order chi connectivity index (χ1) is 9.56. The van der Waals surface area contributed by atoms with Gasteiger partial charge in [0.05, 0.1) is 0 Å². The lowest BCUT2D eigenvalue weighted by atomic mass is 10.1. The van der Waals surface area contributed by atoms with Gasteiger partial charge in [-0.1, -0.05) is 18.2 Å². The summed E-state index contributed by atoms with van der Waals surface area (Å²) in [6, 6.07) is 10.5. The number of carbonyl (C=O) groups excluding carboxylic acids is 1. The van der Waals surface area contributed by atoms with Crippen LogP contribution in [0.5, 0.6) is 0 Å². The summed E-state index contributed by atoms with van der Waals surface area (Å²) in [5.74, 6) is -0.290. The van der Waals surface area contributed by atoms with Crippen molar-refractivity contribution in [2.75, 3.05) is 19.4 Å². The summed E-state index contributed by atoms with van der Waals surface area (Å²) in [7, 11) is 3.94. The van der Waals surface area contributed by atoms with Crippen LogP contribution in [0, 0.1) is 0 Å². The second kappa shape index (κ2) is 6.16. The number of nitrogens with zero attached hydrogens (tertiary/aromatic N) is 1. The number of carbonyl (C=O) groups is 1. The first-order valence-electron chi connectivity index (χ1n) is 6.29. The average Bonchev–Trinajstić information content (AvgIpc) is 2.40. The zero-order chi connectivity index (χ0) is 14.5. The zero-order valence-corrected chi connectivity index (χ0v) is 11.5. The van der Waals surface area contributed by atoms with Crippen molar-refractivity contribution < 1.29 is 4.79 Å². The van der Waals surface area contributed by atoms with Crippen LogP contribution in [0.4, 0.5) is 5.69 Å². The minimum absolute atomic E-state index is 0.290. The predicted molar refractivity (Wildman–Crippen MR) is 78.8 cm³/mol. The predicted octanol–water partition coefficient (Wildman–Crippen LogP) is 1.69. The van der Waals surface area contributed by atoms with Crippen LogP contribution in [0.3, 0.4) is 0 Å². The van der Waals surface area contributed by atoms with Crippen LogP contribution in [0.15, 0.2) is 47.4 Å². The van der Waals surface area contributed by atoms with Gasteiger partial charge in [-0.3, -0.25) is 9.59 Å². The molecule has 0 fully saturated rings. The fraction of sp³-hybridized carbons (Fsp3) is 0.200. The molecule has 0 bridgehead atoms. The quantitative estimate of drug-likeness (QED) is 0.889. The number of H-pyrrole nitrogens is 1. The minimum Gasteiger partial charge on any atom is -0.329 e. The van der Waals surface area contributed by atoms with E-state index in [0.717, 1.165) is 17.8 Å². The number of benzene rings is 1. The molecule has 20 heavy (non-hydrogen) atoms. The van der Waals surface area contributed by atoms with E-state index in [0.29, 0.717) is 5.56 Å². The van der Waals surface area contributed by atoms with Gasteiger partial charge in [0.15, 0.2) is 0 Å². The minimum atomic E-state index is -0.292. The highest BCUT2D eigenvalue weighted by molar-refractivity contribution is 6.04. The number of aromatic nitrogens is 1. The molecule has 1 aromatic heterocycles. The SMILES string of the molecule is CN(C)Cc1ccccc1NC(=O)c1cc[nH]c(=O)c1. The van der Waals surface area contributed by atoms with Gasteiger partial charge >= 0.3 is 0 Å². The number of hydrogen-bond donors (Lipinski definition) is 2. The number of anilines is 1. The van der Waals surface area contributed by atoms with Gasteiger partial charge in [-0.2, -0.15) is 0 Å². The number of aromatic amines is 1. The Balaban J connectivity index is 2.22. The molecule has 2 aromatic rings. The zero-order valence-electron chi connectivity index (χ0n) is 11.5. The smallest absolute Gasteiger partial charge is 0.255 e. The molecule has 1 amide bonds. The van der Waals surface area contributed by atoms with Crippen molar-refractivity contribution in [2.45, 2.75) is 6.54 Å². The van der Waals surface area contributed by atoms with E-state index < -0.39 is 0 Å². The average molecular weight is 271 g/mol. The van der Waals surface area contributed by atoms with Crippen LogP contribution in [0.2, 0.25) is 0 Å². The molecule has 0 spiro atoms. The Hall–Kier alpha value is -2.40. The molecule has 2 rings (SSSR count). The highest BCUT2D eigenvalue weighted by Gasteiger charge is 2.09. The van der Waals surface area contributed by atoms with Crippen molar-refractivity contribution in [3.8, 4) is 0 Å². The molecule has 1 heterocycles. The molecule has 5 heteroatoms. The maximum absolute atomic E-state index is 12.1. The van der Waals surface area contributed by atoms with Crippen LogP contribution < -0.4 is 10.9 Å². The molecule has 0 radical (unpaired) electrons. The number of hydrogen-bond acceptors (Lipinski definition) is 3. The van der Waals surface area contributed by atoms with Crippen molar-refractivity contribution in [1.82, 2.24) is 9.88 Å². The van der Waals surface area contributed by atoms with Crippen molar-refractivity contribution in [3.63, 3.8) is 0 Å². The fourth-order valence-electron chi connectivity index (χ4n) is 1.90. The molecular weight excluding hydrogens is 254 g/mol. The van der Waals surface area contributed by atoms with E-state index in [1.54, 1.807) is 6.07 Å². The van der Waals surface area contributed by atoms with Gasteiger partial charge < -0.3 is 15.2 Å². The summed E-state index contributed by atoms with van der Waals surface area (Å²) in [6.07, 6.45) is 1.46. The molecule has 0 aliphatic rings. The van der Waals surface area contributed by atoms with E-state index in [2.05, 4.69) is 10.3 Å². The number of rotatable bonds is 4. The van der Waals surface area contributed by atoms with Crippen molar-refractivity contribution in [2.24, 2.45) is 0 Å². The van der Waals surface area contributed by atoms with Crippen LogP contribution in [0.25, 0.3) is 0 Å². The van der Waals surface area contributed by atoms with Crippen molar-refractivity contribution >= 4 is 11.6 Å². The normalized spacial score (nSPS) is 10.6. The van der Waals surface area contributed by atoms with Gasteiger partial charge in [0.25, 0.3) is 5.91 Å². The molecule has 0 saturated carbocycles. The molecule has 2 N–H and O–H groups in total. The Morgan fingerprint density at radius 3 is 2.70 bits per heavy atom. The molecule has 5 nitrogen and oxygen atoms in total. The van der Waals surface area contributed by atoms with Crippen LogP contribution in [-0.4, -0.2) is 29.9 Å². The summed E-state index contributed by atoms with van der Waals surface area (Å²) < 4.78 is 0. The summed E-state index contributed by atoms with van der Waals surface area (Å²) in [5, 5.41) is 2.84. The lowest BCUT2D eigenvalue weighted by Crippen LogP contribution is -2.18. The maximum atomic E-state index is 12.1. The van der Waals surface area contributed by atoms with E-state index in [-0.39, 0.29) is 11.5 Å². The third-order valence-electron chi connectivity index (χ3n) is 2.79. The molecular formula is C15H17N3O2. The lowest BCUT2D eigenvalue weighted by molar-refractivity contribution is 0.102. The van der Waals surface area contributed by atoms with Crippen molar-refractivity contribution in [1.29, 1.82) is 0 Å². The Morgan fingerprint density at radius 1 is 1.25 bits per heavy atom. The van der Waals surface area contributed by atoms with Gasteiger partial charge in [-0.05, 0) is 31.8 Å². The molecule has 0 saturated heterocycles. The van der Waals surface area contributed by atoms with Gasteiger partial charge in [-0.25, -0.2) is 0 Å². The second-order valence-corrected chi connectivity index (χ2v) is 4.79. The summed E-state index contributed by atoms with van der Waals surface area (Å²) in [4.78, 5) is 27.9. The Labute approximate surface area is 117 Å². The summed E-state index contributed by atoms with van der Waals surface area (Å²) in [6.45, 7) is 0.728. The molecule has 1 aromatic carbocycles. The van der Waals surface area contributed by atoms with E-state index in [1.165, 1.54) is 12.3 Å². The Morgan fingerprint density at radius 2 is 2.00 bits per heavy atom. The number of para-hydroxylation sites is 1. The second-order valence-electron chi connectivity index (χ2n) is 4.79. The monoisotopic (exact) mass is 271 g/mol. The highest BCUT2D eigenvalue weighted by atomic mass is 16.2. The lowest BCUT2D eigenvalue weighted by Gasteiger charge is -2.14.